The molecule has 6 heteroatoms. The van der Waals surface area contributed by atoms with Crippen molar-refractivity contribution in [3.8, 4) is 10.6 Å². The first-order valence-corrected chi connectivity index (χ1v) is 10.5. The third-order valence-corrected chi connectivity index (χ3v) is 6.39. The number of rotatable bonds is 4. The lowest BCUT2D eigenvalue weighted by Gasteiger charge is -2.28. The number of carbonyl (C=O) groups excluding carboxylic acids is 1. The Morgan fingerprint density at radius 3 is 2.75 bits per heavy atom. The smallest absolute Gasteiger partial charge is 0.226 e. The highest BCUT2D eigenvalue weighted by atomic mass is 35.5. The van der Waals surface area contributed by atoms with Crippen molar-refractivity contribution < 1.29 is 9.18 Å². The summed E-state index contributed by atoms with van der Waals surface area (Å²) >= 11 is 7.41. The molecular weight excluding hydrogens is 395 g/mol. The van der Waals surface area contributed by atoms with Crippen LogP contribution in [0.4, 0.5) is 4.39 Å². The van der Waals surface area contributed by atoms with E-state index >= 15 is 0 Å². The largest absolute Gasteiger partial charge is 0.337 e. The summed E-state index contributed by atoms with van der Waals surface area (Å²) in [6, 6.07) is 14.3. The van der Waals surface area contributed by atoms with Gasteiger partial charge in [0.15, 0.2) is 0 Å². The second-order valence-electron chi connectivity index (χ2n) is 7.11. The number of thiazole rings is 1. The third-order valence-electron chi connectivity index (χ3n) is 5.02. The number of amides is 1. The van der Waals surface area contributed by atoms with E-state index in [1.165, 1.54) is 17.4 Å². The first kappa shape index (κ1) is 19.1. The monoisotopic (exact) mass is 414 g/mol. The number of fused-ring (bicyclic) bond motifs is 1. The van der Waals surface area contributed by atoms with Crippen LogP contribution in [-0.2, 0) is 24.2 Å². The summed E-state index contributed by atoms with van der Waals surface area (Å²) in [5.41, 5.74) is 2.61. The minimum absolute atomic E-state index is 0.110. The molecular formula is C22H20ClFN2OS. The van der Waals surface area contributed by atoms with Gasteiger partial charge in [0.05, 0.1) is 12.2 Å². The highest BCUT2D eigenvalue weighted by Crippen LogP contribution is 2.33. The van der Waals surface area contributed by atoms with E-state index in [0.29, 0.717) is 41.5 Å². The quantitative estimate of drug-likeness (QED) is 0.575. The number of carbonyl (C=O) groups is 1. The lowest BCUT2D eigenvalue weighted by atomic mass is 9.99. The average molecular weight is 415 g/mol. The van der Waals surface area contributed by atoms with Crippen LogP contribution in [0.2, 0.25) is 5.02 Å². The minimum Gasteiger partial charge on any atom is -0.337 e. The molecule has 0 saturated carbocycles. The lowest BCUT2D eigenvalue weighted by molar-refractivity contribution is -0.135. The summed E-state index contributed by atoms with van der Waals surface area (Å²) in [6.07, 6.45) is 1.39. The van der Waals surface area contributed by atoms with Crippen molar-refractivity contribution in [3.05, 3.63) is 75.5 Å². The lowest BCUT2D eigenvalue weighted by Crippen LogP contribution is -2.39. The van der Waals surface area contributed by atoms with E-state index in [-0.39, 0.29) is 17.6 Å². The highest BCUT2D eigenvalue weighted by Gasteiger charge is 2.27. The molecule has 1 aliphatic rings. The molecule has 1 aliphatic heterocycles. The van der Waals surface area contributed by atoms with Crippen LogP contribution >= 0.6 is 22.9 Å². The fourth-order valence-corrected chi connectivity index (χ4v) is 4.78. The number of benzene rings is 2. The molecule has 3 aromatic rings. The van der Waals surface area contributed by atoms with Crippen molar-refractivity contribution in [2.24, 2.45) is 5.92 Å². The molecule has 0 spiro atoms. The van der Waals surface area contributed by atoms with Gasteiger partial charge in [-0.1, -0.05) is 42.8 Å². The van der Waals surface area contributed by atoms with Crippen molar-refractivity contribution in [1.29, 1.82) is 0 Å². The van der Waals surface area contributed by atoms with Gasteiger partial charge in [-0.25, -0.2) is 9.37 Å². The van der Waals surface area contributed by atoms with Crippen LogP contribution in [-0.4, -0.2) is 22.3 Å². The topological polar surface area (TPSA) is 33.2 Å². The van der Waals surface area contributed by atoms with Gasteiger partial charge in [0, 0.05) is 34.3 Å². The van der Waals surface area contributed by atoms with Crippen LogP contribution in [0.1, 0.15) is 23.1 Å². The van der Waals surface area contributed by atoms with Gasteiger partial charge in [0.25, 0.3) is 0 Å². The Labute approximate surface area is 172 Å². The maximum absolute atomic E-state index is 14.1. The van der Waals surface area contributed by atoms with Crippen molar-refractivity contribution >= 4 is 28.8 Å². The molecule has 4 rings (SSSR count). The third kappa shape index (κ3) is 3.96. The van der Waals surface area contributed by atoms with E-state index in [4.69, 9.17) is 11.6 Å². The van der Waals surface area contributed by atoms with Crippen LogP contribution < -0.4 is 0 Å². The predicted octanol–water partition coefficient (Wildman–Crippen LogP) is 5.37. The molecule has 1 aromatic heterocycles. The van der Waals surface area contributed by atoms with E-state index in [0.717, 1.165) is 16.1 Å². The maximum atomic E-state index is 14.1. The van der Waals surface area contributed by atoms with Crippen LogP contribution in [0.5, 0.6) is 0 Å². The average Bonchev–Trinajstić information content (AvgIpc) is 3.12. The van der Waals surface area contributed by atoms with Crippen molar-refractivity contribution in [2.45, 2.75) is 26.3 Å². The number of hydrogen-bond donors (Lipinski definition) is 0. The number of halogens is 2. The first-order chi connectivity index (χ1) is 13.5. The van der Waals surface area contributed by atoms with Crippen molar-refractivity contribution in [3.63, 3.8) is 0 Å². The maximum Gasteiger partial charge on any atom is 0.226 e. The van der Waals surface area contributed by atoms with E-state index < -0.39 is 0 Å². The standard InChI is InChI=1S/C22H20ClFN2OS/c1-14(12-15-6-8-16(23)9-7-15)22(27)26-11-10-19-20(13-26)28-21(25-19)17-4-2-3-5-18(17)24/h2-9,14H,10-13H2,1H3/t14-/m0/s1. The van der Waals surface area contributed by atoms with Crippen LogP contribution in [0.25, 0.3) is 10.6 Å². The SMILES string of the molecule is C[C@@H](Cc1ccc(Cl)cc1)C(=O)N1CCc2nc(-c3ccccc3F)sc2C1. The Hall–Kier alpha value is -2.24. The Bertz CT molecular complexity index is 1000. The second kappa shape index (κ2) is 8.02. The molecule has 0 fully saturated rings. The zero-order valence-electron chi connectivity index (χ0n) is 15.5. The van der Waals surface area contributed by atoms with Gasteiger partial charge < -0.3 is 4.90 Å². The Morgan fingerprint density at radius 1 is 1.25 bits per heavy atom. The molecule has 0 radical (unpaired) electrons. The molecule has 3 nitrogen and oxygen atoms in total. The van der Waals surface area contributed by atoms with Gasteiger partial charge in [-0.2, -0.15) is 0 Å². The Kier molecular flexibility index (Phi) is 5.47. The van der Waals surface area contributed by atoms with Crippen molar-refractivity contribution in [1.82, 2.24) is 9.88 Å². The fraction of sp³-hybridized carbons (Fsp3) is 0.273. The normalized spacial score (nSPS) is 14.6. The fourth-order valence-electron chi connectivity index (χ4n) is 3.51. The van der Waals surface area contributed by atoms with Gasteiger partial charge in [-0.05, 0) is 36.2 Å². The molecule has 0 aliphatic carbocycles. The molecule has 0 N–H and O–H groups in total. The number of aromatic nitrogens is 1. The molecule has 2 heterocycles. The van der Waals surface area contributed by atoms with Gasteiger partial charge in [-0.15, -0.1) is 11.3 Å². The summed E-state index contributed by atoms with van der Waals surface area (Å²) in [6.45, 7) is 3.16. The Morgan fingerprint density at radius 2 is 2.00 bits per heavy atom. The minimum atomic E-state index is -0.266. The Balaban J connectivity index is 1.46. The molecule has 1 amide bonds. The molecule has 2 aromatic carbocycles. The van der Waals surface area contributed by atoms with Crippen molar-refractivity contribution in [2.75, 3.05) is 6.54 Å². The molecule has 1 atom stereocenters. The summed E-state index contributed by atoms with van der Waals surface area (Å²) in [5, 5.41) is 1.38. The highest BCUT2D eigenvalue weighted by molar-refractivity contribution is 7.15. The molecule has 28 heavy (non-hydrogen) atoms. The second-order valence-corrected chi connectivity index (χ2v) is 8.63. The number of hydrogen-bond acceptors (Lipinski definition) is 3. The molecule has 144 valence electrons. The molecule has 0 unspecified atom stereocenters. The van der Waals surface area contributed by atoms with Gasteiger partial charge in [-0.3, -0.25) is 4.79 Å². The van der Waals surface area contributed by atoms with Gasteiger partial charge in [0.1, 0.15) is 10.8 Å². The summed E-state index contributed by atoms with van der Waals surface area (Å²) in [4.78, 5) is 20.5. The zero-order chi connectivity index (χ0) is 19.7. The first-order valence-electron chi connectivity index (χ1n) is 9.28. The summed E-state index contributed by atoms with van der Waals surface area (Å²) in [5.74, 6) is -0.235. The van der Waals surface area contributed by atoms with Crippen LogP contribution in [0.15, 0.2) is 48.5 Å². The molecule has 0 saturated heterocycles. The zero-order valence-corrected chi connectivity index (χ0v) is 17.1. The van der Waals surface area contributed by atoms with Crippen LogP contribution in [0, 0.1) is 11.7 Å². The van der Waals surface area contributed by atoms with E-state index in [2.05, 4.69) is 4.98 Å². The van der Waals surface area contributed by atoms with E-state index in [1.54, 1.807) is 12.1 Å². The summed E-state index contributed by atoms with van der Waals surface area (Å²) < 4.78 is 14.1. The van der Waals surface area contributed by atoms with E-state index in [1.807, 2.05) is 42.2 Å². The van der Waals surface area contributed by atoms with Gasteiger partial charge >= 0.3 is 0 Å². The summed E-state index contributed by atoms with van der Waals surface area (Å²) in [7, 11) is 0. The predicted molar refractivity (Wildman–Crippen MR) is 111 cm³/mol. The van der Waals surface area contributed by atoms with Gasteiger partial charge in [0.2, 0.25) is 5.91 Å². The van der Waals surface area contributed by atoms with E-state index in [9.17, 15) is 9.18 Å². The number of nitrogens with zero attached hydrogens (tertiary/aromatic N) is 2. The van der Waals surface area contributed by atoms with Crippen LogP contribution in [0.3, 0.4) is 0 Å². The molecule has 0 bridgehead atoms.